The van der Waals surface area contributed by atoms with Crippen LogP contribution in [0.25, 0.3) is 0 Å². The third-order valence-corrected chi connectivity index (χ3v) is 2.75. The average molecular weight is 275 g/mol. The normalized spacial score (nSPS) is 12.5. The molecule has 0 bridgehead atoms. The molecule has 2 N–H and O–H groups in total. The summed E-state index contributed by atoms with van der Waals surface area (Å²) >= 11 is 0. The minimum absolute atomic E-state index is 0.00968. The largest absolute Gasteiger partial charge is 0.493 e. The lowest BCUT2D eigenvalue weighted by atomic mass is 10.1. The number of aliphatic hydroxyl groups is 1. The van der Waals surface area contributed by atoms with Crippen LogP contribution < -0.4 is 14.8 Å². The van der Waals surface area contributed by atoms with E-state index in [1.165, 1.54) is 13.2 Å². The van der Waals surface area contributed by atoms with E-state index in [1.807, 2.05) is 6.92 Å². The SMILES string of the molecule is CCC(CO)NCc1ccc(OC(F)F)c(OC)c1. The molecule has 0 saturated carbocycles. The molecule has 0 spiro atoms. The highest BCUT2D eigenvalue weighted by Crippen LogP contribution is 2.29. The maximum absolute atomic E-state index is 12.2. The third-order valence-electron chi connectivity index (χ3n) is 2.75. The number of halogens is 2. The third kappa shape index (κ3) is 5.00. The Morgan fingerprint density at radius 2 is 2.05 bits per heavy atom. The first-order valence-electron chi connectivity index (χ1n) is 6.06. The van der Waals surface area contributed by atoms with Gasteiger partial charge in [-0.1, -0.05) is 13.0 Å². The van der Waals surface area contributed by atoms with Crippen molar-refractivity contribution in [3.63, 3.8) is 0 Å². The lowest BCUT2D eigenvalue weighted by Gasteiger charge is -2.15. The molecule has 4 nitrogen and oxygen atoms in total. The van der Waals surface area contributed by atoms with E-state index in [2.05, 4.69) is 10.1 Å². The molecule has 6 heteroatoms. The van der Waals surface area contributed by atoms with Crippen molar-refractivity contribution in [1.29, 1.82) is 0 Å². The Hall–Kier alpha value is -1.40. The first-order valence-corrected chi connectivity index (χ1v) is 6.06. The first kappa shape index (κ1) is 15.7. The van der Waals surface area contributed by atoms with Gasteiger partial charge < -0.3 is 19.9 Å². The first-order chi connectivity index (χ1) is 9.10. The van der Waals surface area contributed by atoms with Gasteiger partial charge in [0.1, 0.15) is 0 Å². The van der Waals surface area contributed by atoms with Crippen molar-refractivity contribution in [3.05, 3.63) is 23.8 Å². The predicted octanol–water partition coefficient (Wildman–Crippen LogP) is 2.16. The van der Waals surface area contributed by atoms with Crippen molar-refractivity contribution in [3.8, 4) is 11.5 Å². The number of rotatable bonds is 8. The van der Waals surface area contributed by atoms with E-state index in [-0.39, 0.29) is 24.1 Å². The molecule has 1 aromatic carbocycles. The lowest BCUT2D eigenvalue weighted by molar-refractivity contribution is -0.0512. The standard InChI is InChI=1S/C13H19F2NO3/c1-3-10(8-17)16-7-9-4-5-11(19-13(14)15)12(6-9)18-2/h4-6,10,13,16-17H,3,7-8H2,1-2H3. The van der Waals surface area contributed by atoms with Crippen LogP contribution in [0.15, 0.2) is 18.2 Å². The van der Waals surface area contributed by atoms with Gasteiger partial charge in [0.25, 0.3) is 0 Å². The summed E-state index contributed by atoms with van der Waals surface area (Å²) in [5, 5.41) is 12.2. The predicted molar refractivity (Wildman–Crippen MR) is 67.6 cm³/mol. The van der Waals surface area contributed by atoms with E-state index in [1.54, 1.807) is 12.1 Å². The molecular formula is C13H19F2NO3. The molecular weight excluding hydrogens is 256 g/mol. The zero-order valence-electron chi connectivity index (χ0n) is 11.0. The van der Waals surface area contributed by atoms with Gasteiger partial charge in [-0.05, 0) is 24.1 Å². The summed E-state index contributed by atoms with van der Waals surface area (Å²) in [6.45, 7) is -0.338. The van der Waals surface area contributed by atoms with E-state index in [0.717, 1.165) is 12.0 Å². The highest BCUT2D eigenvalue weighted by Gasteiger charge is 2.11. The Kier molecular flexibility index (Phi) is 6.52. The van der Waals surface area contributed by atoms with Gasteiger partial charge in [-0.2, -0.15) is 8.78 Å². The summed E-state index contributed by atoms with van der Waals surface area (Å²) in [4.78, 5) is 0. The zero-order chi connectivity index (χ0) is 14.3. The fourth-order valence-electron chi connectivity index (χ4n) is 1.62. The molecule has 19 heavy (non-hydrogen) atoms. The van der Waals surface area contributed by atoms with Crippen molar-refractivity contribution in [2.24, 2.45) is 0 Å². The summed E-state index contributed by atoms with van der Waals surface area (Å²) < 4.78 is 33.7. The van der Waals surface area contributed by atoms with Crippen LogP contribution in [0.2, 0.25) is 0 Å². The van der Waals surface area contributed by atoms with E-state index in [9.17, 15) is 8.78 Å². The van der Waals surface area contributed by atoms with Crippen molar-refractivity contribution in [2.75, 3.05) is 13.7 Å². The van der Waals surface area contributed by atoms with E-state index in [0.29, 0.717) is 6.54 Å². The number of nitrogens with one attached hydrogen (secondary N) is 1. The molecule has 0 aliphatic heterocycles. The number of ether oxygens (including phenoxy) is 2. The number of aliphatic hydroxyl groups excluding tert-OH is 1. The second-order valence-corrected chi connectivity index (χ2v) is 4.03. The van der Waals surface area contributed by atoms with Gasteiger partial charge in [-0.15, -0.1) is 0 Å². The molecule has 0 radical (unpaired) electrons. The van der Waals surface area contributed by atoms with Crippen LogP contribution in [0.3, 0.4) is 0 Å². The molecule has 0 aromatic heterocycles. The molecule has 0 aliphatic rings. The number of benzene rings is 1. The van der Waals surface area contributed by atoms with Crippen LogP contribution in [-0.2, 0) is 6.54 Å². The quantitative estimate of drug-likeness (QED) is 0.763. The van der Waals surface area contributed by atoms with Gasteiger partial charge >= 0.3 is 6.61 Å². The lowest BCUT2D eigenvalue weighted by Crippen LogP contribution is -2.31. The van der Waals surface area contributed by atoms with Crippen molar-refractivity contribution >= 4 is 0 Å². The minimum Gasteiger partial charge on any atom is -0.493 e. The molecule has 0 heterocycles. The molecule has 1 rings (SSSR count). The highest BCUT2D eigenvalue weighted by atomic mass is 19.3. The second kappa shape index (κ2) is 7.91. The van der Waals surface area contributed by atoms with Crippen LogP contribution in [0.5, 0.6) is 11.5 Å². The van der Waals surface area contributed by atoms with Crippen molar-refractivity contribution in [2.45, 2.75) is 32.5 Å². The summed E-state index contributed by atoms with van der Waals surface area (Å²) in [7, 11) is 1.40. The van der Waals surface area contributed by atoms with Crippen LogP contribution in [0, 0.1) is 0 Å². The number of alkyl halides is 2. The van der Waals surface area contributed by atoms with Crippen LogP contribution in [0.4, 0.5) is 8.78 Å². The Morgan fingerprint density at radius 3 is 2.58 bits per heavy atom. The number of hydrogen-bond donors (Lipinski definition) is 2. The number of methoxy groups -OCH3 is 1. The number of hydrogen-bond acceptors (Lipinski definition) is 4. The molecule has 0 fully saturated rings. The van der Waals surface area contributed by atoms with Crippen molar-refractivity contribution in [1.82, 2.24) is 5.32 Å². The monoisotopic (exact) mass is 275 g/mol. The van der Waals surface area contributed by atoms with Crippen LogP contribution in [0.1, 0.15) is 18.9 Å². The van der Waals surface area contributed by atoms with Gasteiger partial charge in [0, 0.05) is 12.6 Å². The Balaban J connectivity index is 2.70. The van der Waals surface area contributed by atoms with Crippen LogP contribution >= 0.6 is 0 Å². The van der Waals surface area contributed by atoms with Crippen LogP contribution in [-0.4, -0.2) is 31.5 Å². The van der Waals surface area contributed by atoms with E-state index >= 15 is 0 Å². The summed E-state index contributed by atoms with van der Waals surface area (Å²) in [6.07, 6.45) is 0.806. The van der Waals surface area contributed by atoms with Crippen molar-refractivity contribution < 1.29 is 23.4 Å². The second-order valence-electron chi connectivity index (χ2n) is 4.03. The van der Waals surface area contributed by atoms with Gasteiger partial charge in [0.15, 0.2) is 11.5 Å². The van der Waals surface area contributed by atoms with Gasteiger partial charge in [0.2, 0.25) is 0 Å². The maximum atomic E-state index is 12.2. The zero-order valence-corrected chi connectivity index (χ0v) is 11.0. The summed E-state index contributed by atoms with van der Waals surface area (Å²) in [5.74, 6) is 0.270. The average Bonchev–Trinajstić information content (AvgIpc) is 2.40. The van der Waals surface area contributed by atoms with Gasteiger partial charge in [-0.25, -0.2) is 0 Å². The molecule has 1 aromatic rings. The fourth-order valence-corrected chi connectivity index (χ4v) is 1.62. The van der Waals surface area contributed by atoms with Gasteiger partial charge in [0.05, 0.1) is 13.7 Å². The molecule has 0 amide bonds. The molecule has 108 valence electrons. The Labute approximate surface area is 111 Å². The summed E-state index contributed by atoms with van der Waals surface area (Å²) in [5.41, 5.74) is 0.866. The maximum Gasteiger partial charge on any atom is 0.387 e. The molecule has 0 saturated heterocycles. The van der Waals surface area contributed by atoms with Gasteiger partial charge in [-0.3, -0.25) is 0 Å². The fraction of sp³-hybridized carbons (Fsp3) is 0.538. The van der Waals surface area contributed by atoms with E-state index in [4.69, 9.17) is 9.84 Å². The Morgan fingerprint density at radius 1 is 1.32 bits per heavy atom. The molecule has 1 unspecified atom stereocenters. The highest BCUT2D eigenvalue weighted by molar-refractivity contribution is 5.42. The Bertz CT molecular complexity index is 384. The van der Waals surface area contributed by atoms with E-state index < -0.39 is 6.61 Å². The smallest absolute Gasteiger partial charge is 0.387 e. The topological polar surface area (TPSA) is 50.7 Å². The minimum atomic E-state index is -2.88. The molecule has 0 aliphatic carbocycles. The molecule has 1 atom stereocenters. The summed E-state index contributed by atoms with van der Waals surface area (Å²) in [6, 6.07) is 4.77.